The quantitative estimate of drug-likeness (QED) is 0.182. The van der Waals surface area contributed by atoms with Crippen LogP contribution in [0.2, 0.25) is 0 Å². The number of hydrogen-bond donors (Lipinski definition) is 6. The molecule has 1 saturated heterocycles. The molecule has 190 valence electrons. The number of sulfonamides is 2. The van der Waals surface area contributed by atoms with E-state index in [1.165, 1.54) is 6.07 Å². The third-order valence-electron chi connectivity index (χ3n) is 5.77. The second kappa shape index (κ2) is 9.96. The molecule has 1 fully saturated rings. The van der Waals surface area contributed by atoms with Gasteiger partial charge in [-0.05, 0) is 30.2 Å². The van der Waals surface area contributed by atoms with Gasteiger partial charge < -0.3 is 20.7 Å². The maximum atomic E-state index is 13.0. The van der Waals surface area contributed by atoms with Crippen LogP contribution in [0, 0.1) is 0 Å². The first-order valence-electron chi connectivity index (χ1n) is 10.7. The maximum Gasteiger partial charge on any atom is 0.242 e. The molecule has 1 atom stereocenters. The van der Waals surface area contributed by atoms with Crippen molar-refractivity contribution >= 4 is 25.7 Å². The van der Waals surface area contributed by atoms with Crippen molar-refractivity contribution in [3.63, 3.8) is 0 Å². The number of aliphatic hydroxyl groups excluding tert-OH is 1. The lowest BCUT2D eigenvalue weighted by Gasteiger charge is -2.34. The number of H-pyrrole nitrogens is 2. The Labute approximate surface area is 201 Å². The number of piperidine rings is 1. The number of nitrogens with one attached hydrogen (secondary N) is 3. The third-order valence-corrected chi connectivity index (χ3v) is 8.35. The fourth-order valence-corrected chi connectivity index (χ4v) is 6.72. The minimum Gasteiger partial charge on any atom is -0.390 e. The standard InChI is InChI=1S/C18H26N10O5S2/c19-9-12(29)10-23-35(32,33)14-2-1-13(15(16(14)34(20,30)31)18-24-26-27-25-18)28-7-3-11(4-8-28)17-21-5-6-22-17/h1-2,5-6,11-12,23,29H,3-4,7-10,19H2,(H,21,22)(H2,20,30,31)(H,24,25,26,27). The Kier molecular flexibility index (Phi) is 7.15. The van der Waals surface area contributed by atoms with Gasteiger partial charge in [-0.2, -0.15) is 5.21 Å². The van der Waals surface area contributed by atoms with Gasteiger partial charge >= 0.3 is 0 Å². The second-order valence-corrected chi connectivity index (χ2v) is 11.3. The molecule has 8 N–H and O–H groups in total. The second-order valence-electron chi connectivity index (χ2n) is 8.04. The number of aliphatic hydroxyl groups is 1. The van der Waals surface area contributed by atoms with Gasteiger partial charge in [0, 0.05) is 50.2 Å². The summed E-state index contributed by atoms with van der Waals surface area (Å²) >= 11 is 0. The highest BCUT2D eigenvalue weighted by atomic mass is 32.2. The topological polar surface area (TPSA) is 239 Å². The maximum absolute atomic E-state index is 13.0. The Hall–Kier alpha value is -2.96. The molecule has 1 aliphatic heterocycles. The van der Waals surface area contributed by atoms with Gasteiger partial charge in [-0.15, -0.1) is 10.2 Å². The summed E-state index contributed by atoms with van der Waals surface area (Å²) in [6.45, 7) is 0.467. The van der Waals surface area contributed by atoms with Crippen LogP contribution in [0.1, 0.15) is 24.6 Å². The monoisotopic (exact) mass is 526 g/mol. The van der Waals surface area contributed by atoms with Gasteiger partial charge in [0.2, 0.25) is 25.9 Å². The predicted octanol–water partition coefficient (Wildman–Crippen LogP) is -1.78. The van der Waals surface area contributed by atoms with E-state index in [0.29, 0.717) is 18.8 Å². The van der Waals surface area contributed by atoms with Crippen LogP contribution in [0.15, 0.2) is 34.3 Å². The number of aromatic amines is 2. The van der Waals surface area contributed by atoms with Gasteiger partial charge in [0.05, 0.1) is 11.7 Å². The molecule has 0 amide bonds. The van der Waals surface area contributed by atoms with Gasteiger partial charge in [0.15, 0.2) is 0 Å². The number of tetrazole rings is 1. The third kappa shape index (κ3) is 5.34. The predicted molar refractivity (Wildman–Crippen MR) is 124 cm³/mol. The average molecular weight is 527 g/mol. The molecule has 0 spiro atoms. The Morgan fingerprint density at radius 2 is 1.97 bits per heavy atom. The first-order chi connectivity index (χ1) is 16.6. The average Bonchev–Trinajstić information content (AvgIpc) is 3.56. The summed E-state index contributed by atoms with van der Waals surface area (Å²) in [5, 5.41) is 28.8. The molecule has 1 unspecified atom stereocenters. The Bertz CT molecular complexity index is 1350. The molecule has 15 nitrogen and oxygen atoms in total. The number of benzene rings is 1. The fraction of sp³-hybridized carbons (Fsp3) is 0.444. The summed E-state index contributed by atoms with van der Waals surface area (Å²) in [4.78, 5) is 8.08. The molecule has 35 heavy (non-hydrogen) atoms. The van der Waals surface area contributed by atoms with E-state index in [4.69, 9.17) is 10.9 Å². The van der Waals surface area contributed by atoms with E-state index in [-0.39, 0.29) is 23.9 Å². The van der Waals surface area contributed by atoms with E-state index in [0.717, 1.165) is 24.7 Å². The summed E-state index contributed by atoms with van der Waals surface area (Å²) in [5.41, 5.74) is 5.65. The van der Waals surface area contributed by atoms with Crippen molar-refractivity contribution in [2.24, 2.45) is 10.9 Å². The van der Waals surface area contributed by atoms with Crippen LogP contribution in [-0.4, -0.2) is 84.8 Å². The summed E-state index contributed by atoms with van der Waals surface area (Å²) in [6, 6.07) is 2.65. The van der Waals surface area contributed by atoms with Crippen molar-refractivity contribution in [2.45, 2.75) is 34.7 Å². The molecule has 0 aliphatic carbocycles. The first-order valence-corrected chi connectivity index (χ1v) is 13.7. The van der Waals surface area contributed by atoms with E-state index in [2.05, 4.69) is 35.3 Å². The molecule has 2 aromatic heterocycles. The minimum absolute atomic E-state index is 0.0834. The summed E-state index contributed by atoms with van der Waals surface area (Å²) < 4.78 is 53.7. The number of imidazole rings is 1. The zero-order chi connectivity index (χ0) is 25.2. The first kappa shape index (κ1) is 25.1. The molecule has 0 bridgehead atoms. The van der Waals surface area contributed by atoms with Gasteiger partial charge in [-0.25, -0.2) is 31.7 Å². The van der Waals surface area contributed by atoms with Crippen LogP contribution < -0.4 is 20.5 Å². The zero-order valence-corrected chi connectivity index (χ0v) is 20.1. The number of anilines is 1. The highest BCUT2D eigenvalue weighted by Crippen LogP contribution is 2.40. The normalized spacial score (nSPS) is 16.5. The van der Waals surface area contributed by atoms with Crippen molar-refractivity contribution in [1.82, 2.24) is 35.3 Å². The minimum atomic E-state index is -4.59. The van der Waals surface area contributed by atoms with E-state index < -0.39 is 42.5 Å². The van der Waals surface area contributed by atoms with E-state index in [1.807, 2.05) is 4.90 Å². The van der Waals surface area contributed by atoms with E-state index >= 15 is 0 Å². The molecule has 1 aliphatic rings. The molecule has 3 aromatic rings. The Morgan fingerprint density at radius 1 is 1.23 bits per heavy atom. The highest BCUT2D eigenvalue weighted by molar-refractivity contribution is 7.92. The zero-order valence-electron chi connectivity index (χ0n) is 18.5. The lowest BCUT2D eigenvalue weighted by molar-refractivity contribution is 0.186. The van der Waals surface area contributed by atoms with Crippen LogP contribution in [0.3, 0.4) is 0 Å². The van der Waals surface area contributed by atoms with Crippen molar-refractivity contribution in [3.05, 3.63) is 30.4 Å². The van der Waals surface area contributed by atoms with Crippen molar-refractivity contribution < 1.29 is 21.9 Å². The molecule has 1 aromatic carbocycles. The number of nitrogens with two attached hydrogens (primary N) is 2. The lowest BCUT2D eigenvalue weighted by Crippen LogP contribution is -2.37. The van der Waals surface area contributed by atoms with Crippen LogP contribution in [-0.2, 0) is 20.0 Å². The number of primary sulfonamides is 1. The van der Waals surface area contributed by atoms with Gasteiger partial charge in [-0.1, -0.05) is 0 Å². The number of aromatic nitrogens is 6. The molecule has 17 heteroatoms. The highest BCUT2D eigenvalue weighted by Gasteiger charge is 2.34. The molecule has 0 radical (unpaired) electrons. The summed E-state index contributed by atoms with van der Waals surface area (Å²) in [7, 11) is -9.02. The number of nitrogens with zero attached hydrogens (tertiary/aromatic N) is 5. The van der Waals surface area contributed by atoms with Gasteiger partial charge in [0.1, 0.15) is 15.6 Å². The van der Waals surface area contributed by atoms with Crippen molar-refractivity contribution in [1.29, 1.82) is 0 Å². The van der Waals surface area contributed by atoms with Crippen LogP contribution >= 0.6 is 0 Å². The molecule has 3 heterocycles. The van der Waals surface area contributed by atoms with E-state index in [1.54, 1.807) is 12.4 Å². The fourth-order valence-electron chi connectivity index (χ4n) is 4.06. The van der Waals surface area contributed by atoms with Crippen molar-refractivity contribution in [3.8, 4) is 11.4 Å². The summed E-state index contributed by atoms with van der Waals surface area (Å²) in [5.74, 6) is 0.946. The molecule has 4 rings (SSSR count). The summed E-state index contributed by atoms with van der Waals surface area (Å²) in [6.07, 6.45) is 3.74. The Morgan fingerprint density at radius 3 is 2.54 bits per heavy atom. The molecule has 0 saturated carbocycles. The van der Waals surface area contributed by atoms with Crippen LogP contribution in [0.4, 0.5) is 5.69 Å². The molecular formula is C18H26N10O5S2. The van der Waals surface area contributed by atoms with Crippen LogP contribution in [0.25, 0.3) is 11.4 Å². The van der Waals surface area contributed by atoms with E-state index in [9.17, 15) is 21.9 Å². The SMILES string of the molecule is NCC(O)CNS(=O)(=O)c1ccc(N2CCC(c3ncc[nH]3)CC2)c(-c2nn[nH]n2)c1S(N)(=O)=O. The molecular weight excluding hydrogens is 500 g/mol. The van der Waals surface area contributed by atoms with Crippen LogP contribution in [0.5, 0.6) is 0 Å². The van der Waals surface area contributed by atoms with Gasteiger partial charge in [-0.3, -0.25) is 0 Å². The Balaban J connectivity index is 1.79. The lowest BCUT2D eigenvalue weighted by atomic mass is 9.95. The largest absolute Gasteiger partial charge is 0.390 e. The number of rotatable bonds is 9. The van der Waals surface area contributed by atoms with Gasteiger partial charge in [0.25, 0.3) is 0 Å². The number of hydrogen-bond acceptors (Lipinski definition) is 11. The smallest absolute Gasteiger partial charge is 0.242 e. The van der Waals surface area contributed by atoms with Crippen molar-refractivity contribution in [2.75, 3.05) is 31.1 Å².